The molecule has 0 bridgehead atoms. The van der Waals surface area contributed by atoms with Crippen LogP contribution in [0.5, 0.6) is 0 Å². The Hall–Kier alpha value is -2.17. The lowest BCUT2D eigenvalue weighted by Crippen LogP contribution is -2.30. The molecule has 1 amide bonds. The molecule has 106 valence electrons. The van der Waals surface area contributed by atoms with Gasteiger partial charge in [0.2, 0.25) is 0 Å². The highest BCUT2D eigenvalue weighted by Gasteiger charge is 2.16. The molecule has 2 rings (SSSR count). The average Bonchev–Trinajstić information content (AvgIpc) is 2.79. The second kappa shape index (κ2) is 5.45. The molecule has 1 aromatic carbocycles. The molecule has 0 saturated carbocycles. The van der Waals surface area contributed by atoms with Crippen molar-refractivity contribution in [2.24, 2.45) is 0 Å². The van der Waals surface area contributed by atoms with Crippen LogP contribution >= 0.6 is 0 Å². The predicted molar refractivity (Wildman–Crippen MR) is 78.2 cm³/mol. The fourth-order valence-corrected chi connectivity index (χ4v) is 2.01. The van der Waals surface area contributed by atoms with Gasteiger partial charge in [0.05, 0.1) is 17.4 Å². The number of H-pyrrole nitrogens is 1. The number of benzene rings is 1. The number of nitrogens with one attached hydrogen (secondary N) is 2. The number of fused-ring (bicyclic) bond motifs is 1. The van der Waals surface area contributed by atoms with Crippen LogP contribution in [0.4, 0.5) is 4.39 Å². The van der Waals surface area contributed by atoms with E-state index in [0.717, 1.165) is 11.1 Å². The van der Waals surface area contributed by atoms with Crippen molar-refractivity contribution in [3.63, 3.8) is 0 Å². The van der Waals surface area contributed by atoms with Gasteiger partial charge in [-0.25, -0.2) is 9.37 Å². The summed E-state index contributed by atoms with van der Waals surface area (Å²) in [5.74, 6) is 0.264. The van der Waals surface area contributed by atoms with E-state index in [9.17, 15) is 9.18 Å². The van der Waals surface area contributed by atoms with E-state index in [4.69, 9.17) is 0 Å². The number of allylic oxidation sites excluding steroid dienone is 1. The van der Waals surface area contributed by atoms with Crippen molar-refractivity contribution in [2.45, 2.75) is 33.7 Å². The minimum atomic E-state index is -0.173. The zero-order valence-corrected chi connectivity index (χ0v) is 12.0. The van der Waals surface area contributed by atoms with Crippen molar-refractivity contribution < 1.29 is 9.18 Å². The third-order valence-electron chi connectivity index (χ3n) is 2.93. The van der Waals surface area contributed by atoms with Gasteiger partial charge in [0, 0.05) is 11.6 Å². The van der Waals surface area contributed by atoms with Crippen LogP contribution in [0, 0.1) is 6.92 Å². The van der Waals surface area contributed by atoms with E-state index < -0.39 is 0 Å². The molecular formula is C15H18FN3O. The molecule has 0 aliphatic carbocycles. The molecule has 0 saturated heterocycles. The number of amides is 1. The summed E-state index contributed by atoms with van der Waals surface area (Å²) in [7, 11) is 0. The minimum absolute atomic E-state index is 0.0453. The van der Waals surface area contributed by atoms with E-state index in [0.29, 0.717) is 28.8 Å². The molecule has 20 heavy (non-hydrogen) atoms. The van der Waals surface area contributed by atoms with Crippen molar-refractivity contribution in [3.8, 4) is 0 Å². The van der Waals surface area contributed by atoms with Gasteiger partial charge in [-0.1, -0.05) is 0 Å². The standard InChI is InChI=1S/C15H18FN3O/c1-8(2)17-15(20)11-5-9(3)6-12-13(11)19-14(18-12)10(4)7-16/h5-8H,1-4H3,(H,17,20)(H,18,19). The van der Waals surface area contributed by atoms with Crippen LogP contribution in [-0.2, 0) is 0 Å². The molecule has 4 nitrogen and oxygen atoms in total. The second-order valence-electron chi connectivity index (χ2n) is 5.21. The van der Waals surface area contributed by atoms with Crippen molar-refractivity contribution in [2.75, 3.05) is 0 Å². The third-order valence-corrected chi connectivity index (χ3v) is 2.93. The SMILES string of the molecule is CC(=CF)c1nc2c(C(=O)NC(C)C)cc(C)cc2[nH]1. The Morgan fingerprint density at radius 2 is 2.15 bits per heavy atom. The molecule has 0 fully saturated rings. The lowest BCUT2D eigenvalue weighted by Gasteiger charge is -2.09. The maximum absolute atomic E-state index is 12.6. The van der Waals surface area contributed by atoms with Crippen molar-refractivity contribution in [1.29, 1.82) is 0 Å². The van der Waals surface area contributed by atoms with E-state index in [-0.39, 0.29) is 11.9 Å². The molecule has 0 atom stereocenters. The van der Waals surface area contributed by atoms with Gasteiger partial charge in [0.25, 0.3) is 5.91 Å². The van der Waals surface area contributed by atoms with Gasteiger partial charge in [0.15, 0.2) is 0 Å². The predicted octanol–water partition coefficient (Wildman–Crippen LogP) is 3.34. The quantitative estimate of drug-likeness (QED) is 0.902. The maximum Gasteiger partial charge on any atom is 0.253 e. The number of rotatable bonds is 3. The van der Waals surface area contributed by atoms with E-state index in [1.54, 1.807) is 13.0 Å². The topological polar surface area (TPSA) is 57.8 Å². The van der Waals surface area contributed by atoms with Crippen LogP contribution < -0.4 is 5.32 Å². The van der Waals surface area contributed by atoms with Crippen molar-refractivity contribution in [1.82, 2.24) is 15.3 Å². The van der Waals surface area contributed by atoms with Gasteiger partial charge < -0.3 is 10.3 Å². The average molecular weight is 275 g/mol. The number of imidazole rings is 1. The summed E-state index contributed by atoms with van der Waals surface area (Å²) >= 11 is 0. The third kappa shape index (κ3) is 2.71. The molecule has 5 heteroatoms. The molecule has 2 aromatic rings. The molecule has 0 radical (unpaired) electrons. The van der Waals surface area contributed by atoms with Gasteiger partial charge in [-0.05, 0) is 45.4 Å². The summed E-state index contributed by atoms with van der Waals surface area (Å²) in [6.45, 7) is 7.33. The fourth-order valence-electron chi connectivity index (χ4n) is 2.01. The first-order valence-corrected chi connectivity index (χ1v) is 6.51. The first kappa shape index (κ1) is 14.2. The summed E-state index contributed by atoms with van der Waals surface area (Å²) in [6.07, 6.45) is 0.498. The van der Waals surface area contributed by atoms with Crippen LogP contribution in [0.25, 0.3) is 16.6 Å². The molecule has 0 spiro atoms. The number of halogens is 1. The summed E-state index contributed by atoms with van der Waals surface area (Å²) in [5.41, 5.74) is 3.14. The molecular weight excluding hydrogens is 257 g/mol. The number of hydrogen-bond acceptors (Lipinski definition) is 2. The highest BCUT2D eigenvalue weighted by Crippen LogP contribution is 2.22. The van der Waals surface area contributed by atoms with E-state index in [1.165, 1.54) is 0 Å². The van der Waals surface area contributed by atoms with Gasteiger partial charge in [0.1, 0.15) is 11.3 Å². The van der Waals surface area contributed by atoms with Crippen LogP contribution in [0.2, 0.25) is 0 Å². The summed E-state index contributed by atoms with van der Waals surface area (Å²) in [5, 5.41) is 2.85. The number of aromatic amines is 1. The molecule has 0 aliphatic heterocycles. The van der Waals surface area contributed by atoms with E-state index in [2.05, 4.69) is 15.3 Å². The van der Waals surface area contributed by atoms with Gasteiger partial charge in [-0.3, -0.25) is 4.79 Å². The van der Waals surface area contributed by atoms with Crippen LogP contribution in [0.15, 0.2) is 18.5 Å². The lowest BCUT2D eigenvalue weighted by molar-refractivity contribution is 0.0944. The van der Waals surface area contributed by atoms with Gasteiger partial charge >= 0.3 is 0 Å². The summed E-state index contributed by atoms with van der Waals surface area (Å²) in [4.78, 5) is 19.6. The first-order chi connectivity index (χ1) is 9.42. The Labute approximate surface area is 117 Å². The van der Waals surface area contributed by atoms with Gasteiger partial charge in [-0.2, -0.15) is 0 Å². The van der Waals surface area contributed by atoms with Crippen molar-refractivity contribution in [3.05, 3.63) is 35.4 Å². The largest absolute Gasteiger partial charge is 0.350 e. The molecule has 2 N–H and O–H groups in total. The Balaban J connectivity index is 2.59. The zero-order valence-electron chi connectivity index (χ0n) is 12.0. The normalized spacial score (nSPS) is 12.2. The van der Waals surface area contributed by atoms with Crippen LogP contribution in [0.1, 0.15) is 42.5 Å². The number of carbonyl (C=O) groups excluding carboxylic acids is 1. The minimum Gasteiger partial charge on any atom is -0.350 e. The monoisotopic (exact) mass is 275 g/mol. The van der Waals surface area contributed by atoms with E-state index >= 15 is 0 Å². The zero-order chi connectivity index (χ0) is 14.9. The first-order valence-electron chi connectivity index (χ1n) is 6.51. The molecule has 0 aliphatic rings. The van der Waals surface area contributed by atoms with Crippen LogP contribution in [-0.4, -0.2) is 21.9 Å². The fraction of sp³-hybridized carbons (Fsp3) is 0.333. The number of hydrogen-bond donors (Lipinski definition) is 2. The smallest absolute Gasteiger partial charge is 0.253 e. The molecule has 1 heterocycles. The summed E-state index contributed by atoms with van der Waals surface area (Å²) in [6, 6.07) is 3.73. The Kier molecular flexibility index (Phi) is 3.88. The Morgan fingerprint density at radius 1 is 1.45 bits per heavy atom. The van der Waals surface area contributed by atoms with E-state index in [1.807, 2.05) is 26.8 Å². The highest BCUT2D eigenvalue weighted by atomic mass is 19.1. The molecule has 0 unspecified atom stereocenters. The lowest BCUT2D eigenvalue weighted by atomic mass is 10.1. The number of carbonyl (C=O) groups is 1. The number of aromatic nitrogens is 2. The van der Waals surface area contributed by atoms with Gasteiger partial charge in [-0.15, -0.1) is 0 Å². The number of nitrogens with zero attached hydrogens (tertiary/aromatic N) is 1. The Morgan fingerprint density at radius 3 is 2.75 bits per heavy atom. The second-order valence-corrected chi connectivity index (χ2v) is 5.21. The Bertz CT molecular complexity index is 686. The van der Waals surface area contributed by atoms with Crippen molar-refractivity contribution >= 4 is 22.5 Å². The number of aryl methyl sites for hydroxylation is 1. The van der Waals surface area contributed by atoms with Crippen LogP contribution in [0.3, 0.4) is 0 Å². The highest BCUT2D eigenvalue weighted by molar-refractivity contribution is 6.05. The molecule has 1 aromatic heterocycles. The maximum atomic E-state index is 12.6. The summed E-state index contributed by atoms with van der Waals surface area (Å²) < 4.78 is 12.6.